The zero-order valence-electron chi connectivity index (χ0n) is 11.7. The van der Waals surface area contributed by atoms with Gasteiger partial charge < -0.3 is 0 Å². The van der Waals surface area contributed by atoms with Crippen LogP contribution in [0.3, 0.4) is 0 Å². The fourth-order valence-electron chi connectivity index (χ4n) is 1.81. The Kier molecular flexibility index (Phi) is 5.83. The molecule has 0 atom stereocenters. The minimum Gasteiger partial charge on any atom is -0.267 e. The van der Waals surface area contributed by atoms with E-state index in [1.807, 2.05) is 19.1 Å². The maximum atomic E-state index is 12.1. The van der Waals surface area contributed by atoms with E-state index in [-0.39, 0.29) is 5.91 Å². The molecule has 0 saturated carbocycles. The number of rotatable bonds is 4. The Balaban J connectivity index is 2.15. The van der Waals surface area contributed by atoms with Gasteiger partial charge in [0.15, 0.2) is 0 Å². The number of halogens is 3. The number of hydrogen-bond donors (Lipinski definition) is 1. The first kappa shape index (κ1) is 16.8. The first-order valence-corrected chi connectivity index (χ1v) is 7.72. The van der Waals surface area contributed by atoms with Crippen LogP contribution in [0.1, 0.15) is 29.3 Å². The quantitative estimate of drug-likeness (QED) is 0.595. The molecule has 0 bridgehead atoms. The summed E-state index contributed by atoms with van der Waals surface area (Å²) in [6.07, 6.45) is 0.670. The highest BCUT2D eigenvalue weighted by Crippen LogP contribution is 2.22. The molecule has 2 aromatic rings. The fraction of sp³-hybridized carbons (Fsp3) is 0.125. The SMILES string of the molecule is CCC(=NNC(=O)c1ccc(Cl)c(Cl)c1)c1ccc(Cl)cc1. The Morgan fingerprint density at radius 1 is 1.00 bits per heavy atom. The summed E-state index contributed by atoms with van der Waals surface area (Å²) in [5.41, 5.74) is 4.58. The highest BCUT2D eigenvalue weighted by molar-refractivity contribution is 6.42. The number of carbonyl (C=O) groups is 1. The van der Waals surface area contributed by atoms with Crippen LogP contribution >= 0.6 is 34.8 Å². The molecule has 114 valence electrons. The van der Waals surface area contributed by atoms with Gasteiger partial charge in [0.25, 0.3) is 5.91 Å². The summed E-state index contributed by atoms with van der Waals surface area (Å²) in [6.45, 7) is 1.96. The monoisotopic (exact) mass is 354 g/mol. The van der Waals surface area contributed by atoms with E-state index in [9.17, 15) is 4.79 Å². The smallest absolute Gasteiger partial charge is 0.267 e. The molecule has 2 aromatic carbocycles. The summed E-state index contributed by atoms with van der Waals surface area (Å²) in [7, 11) is 0. The summed E-state index contributed by atoms with van der Waals surface area (Å²) in [5.74, 6) is -0.349. The number of amides is 1. The molecule has 0 aliphatic rings. The van der Waals surface area contributed by atoms with E-state index in [0.29, 0.717) is 27.1 Å². The van der Waals surface area contributed by atoms with Crippen LogP contribution < -0.4 is 5.43 Å². The van der Waals surface area contributed by atoms with Crippen molar-refractivity contribution in [2.45, 2.75) is 13.3 Å². The fourth-order valence-corrected chi connectivity index (χ4v) is 2.23. The van der Waals surface area contributed by atoms with Gasteiger partial charge in [-0.05, 0) is 42.3 Å². The Labute approximate surface area is 143 Å². The molecule has 0 aromatic heterocycles. The van der Waals surface area contributed by atoms with Gasteiger partial charge in [-0.25, -0.2) is 5.43 Å². The summed E-state index contributed by atoms with van der Waals surface area (Å²) in [6, 6.07) is 11.9. The van der Waals surface area contributed by atoms with Crippen molar-refractivity contribution in [1.82, 2.24) is 5.43 Å². The lowest BCUT2D eigenvalue weighted by molar-refractivity contribution is 0.0955. The molecule has 0 aliphatic carbocycles. The third-order valence-electron chi connectivity index (χ3n) is 2.99. The molecule has 1 amide bonds. The molecule has 0 unspecified atom stereocenters. The van der Waals surface area contributed by atoms with Crippen LogP contribution in [-0.2, 0) is 0 Å². The number of nitrogens with zero attached hydrogens (tertiary/aromatic N) is 1. The lowest BCUT2D eigenvalue weighted by Gasteiger charge is -2.06. The minimum atomic E-state index is -0.349. The van der Waals surface area contributed by atoms with Gasteiger partial charge in [-0.2, -0.15) is 5.10 Å². The number of nitrogens with one attached hydrogen (secondary N) is 1. The van der Waals surface area contributed by atoms with Crippen molar-refractivity contribution in [3.63, 3.8) is 0 Å². The predicted octanol–water partition coefficient (Wildman–Crippen LogP) is 5.19. The van der Waals surface area contributed by atoms with Gasteiger partial charge in [0, 0.05) is 10.6 Å². The first-order chi connectivity index (χ1) is 10.5. The van der Waals surface area contributed by atoms with E-state index in [2.05, 4.69) is 10.5 Å². The van der Waals surface area contributed by atoms with Crippen LogP contribution in [0.5, 0.6) is 0 Å². The topological polar surface area (TPSA) is 41.5 Å². The molecule has 0 fully saturated rings. The van der Waals surface area contributed by atoms with Crippen LogP contribution in [0.15, 0.2) is 47.6 Å². The summed E-state index contributed by atoms with van der Waals surface area (Å²) >= 11 is 17.6. The van der Waals surface area contributed by atoms with Gasteiger partial charge in [0.05, 0.1) is 15.8 Å². The molecule has 0 saturated heterocycles. The Bertz CT molecular complexity index is 712. The van der Waals surface area contributed by atoms with E-state index in [1.54, 1.807) is 24.3 Å². The number of benzene rings is 2. The molecule has 0 spiro atoms. The summed E-state index contributed by atoms with van der Waals surface area (Å²) in [4.78, 5) is 12.1. The van der Waals surface area contributed by atoms with E-state index in [0.717, 1.165) is 11.3 Å². The Morgan fingerprint density at radius 3 is 2.23 bits per heavy atom. The minimum absolute atomic E-state index is 0.326. The number of hydrazone groups is 1. The molecule has 6 heteroatoms. The molecule has 3 nitrogen and oxygen atoms in total. The van der Waals surface area contributed by atoms with Gasteiger partial charge in [0.1, 0.15) is 0 Å². The average Bonchev–Trinajstić information content (AvgIpc) is 2.52. The van der Waals surface area contributed by atoms with Crippen molar-refractivity contribution in [2.24, 2.45) is 5.10 Å². The van der Waals surface area contributed by atoms with Gasteiger partial charge in [-0.15, -0.1) is 0 Å². The number of carbonyl (C=O) groups excluding carboxylic acids is 1. The molecule has 0 heterocycles. The molecular formula is C16H13Cl3N2O. The lowest BCUT2D eigenvalue weighted by atomic mass is 10.1. The maximum Gasteiger partial charge on any atom is 0.271 e. The van der Waals surface area contributed by atoms with Crippen LogP contribution in [0, 0.1) is 0 Å². The van der Waals surface area contributed by atoms with Crippen LogP contribution in [-0.4, -0.2) is 11.6 Å². The zero-order chi connectivity index (χ0) is 16.1. The largest absolute Gasteiger partial charge is 0.271 e. The molecule has 0 radical (unpaired) electrons. The maximum absolute atomic E-state index is 12.1. The summed E-state index contributed by atoms with van der Waals surface area (Å²) < 4.78 is 0. The van der Waals surface area contributed by atoms with Crippen molar-refractivity contribution in [2.75, 3.05) is 0 Å². The van der Waals surface area contributed by atoms with Gasteiger partial charge in [-0.3, -0.25) is 4.79 Å². The van der Waals surface area contributed by atoms with E-state index in [4.69, 9.17) is 34.8 Å². The van der Waals surface area contributed by atoms with E-state index in [1.165, 1.54) is 6.07 Å². The van der Waals surface area contributed by atoms with E-state index < -0.39 is 0 Å². The normalized spacial score (nSPS) is 11.4. The molecule has 2 rings (SSSR count). The highest BCUT2D eigenvalue weighted by Gasteiger charge is 2.08. The van der Waals surface area contributed by atoms with Gasteiger partial charge >= 0.3 is 0 Å². The van der Waals surface area contributed by atoms with Crippen LogP contribution in [0.4, 0.5) is 0 Å². The molecule has 1 N–H and O–H groups in total. The molecule has 22 heavy (non-hydrogen) atoms. The Morgan fingerprint density at radius 2 is 1.64 bits per heavy atom. The second-order valence-electron chi connectivity index (χ2n) is 4.49. The summed E-state index contributed by atoms with van der Waals surface area (Å²) in [5, 5.41) is 5.55. The average molecular weight is 356 g/mol. The van der Waals surface area contributed by atoms with Gasteiger partial charge in [0.2, 0.25) is 0 Å². The van der Waals surface area contributed by atoms with E-state index >= 15 is 0 Å². The van der Waals surface area contributed by atoms with Crippen molar-refractivity contribution < 1.29 is 4.79 Å². The van der Waals surface area contributed by atoms with Crippen molar-refractivity contribution in [3.8, 4) is 0 Å². The third kappa shape index (κ3) is 4.23. The highest BCUT2D eigenvalue weighted by atomic mass is 35.5. The number of hydrogen-bond acceptors (Lipinski definition) is 2. The van der Waals surface area contributed by atoms with Crippen molar-refractivity contribution in [3.05, 3.63) is 68.7 Å². The standard InChI is InChI=1S/C16H13Cl3N2O/c1-2-15(10-3-6-12(17)7-4-10)20-21-16(22)11-5-8-13(18)14(19)9-11/h3-9H,2H2,1H3,(H,21,22). The van der Waals surface area contributed by atoms with Crippen LogP contribution in [0.2, 0.25) is 15.1 Å². The van der Waals surface area contributed by atoms with Crippen molar-refractivity contribution in [1.29, 1.82) is 0 Å². The van der Waals surface area contributed by atoms with Crippen molar-refractivity contribution >= 4 is 46.4 Å². The zero-order valence-corrected chi connectivity index (χ0v) is 14.0. The predicted molar refractivity (Wildman–Crippen MR) is 92.2 cm³/mol. The van der Waals surface area contributed by atoms with Crippen LogP contribution in [0.25, 0.3) is 0 Å². The lowest BCUT2D eigenvalue weighted by Crippen LogP contribution is -2.20. The Hall–Kier alpha value is -1.55. The van der Waals surface area contributed by atoms with Gasteiger partial charge in [-0.1, -0.05) is 53.9 Å². The third-order valence-corrected chi connectivity index (χ3v) is 3.98. The molecular weight excluding hydrogens is 343 g/mol. The second-order valence-corrected chi connectivity index (χ2v) is 5.74. The second kappa shape index (κ2) is 7.63. The first-order valence-electron chi connectivity index (χ1n) is 6.59. The molecule has 0 aliphatic heterocycles.